The molecule has 1 heterocycles. The number of halogens is 1. The van der Waals surface area contributed by atoms with Gasteiger partial charge in [0.25, 0.3) is 0 Å². The summed E-state index contributed by atoms with van der Waals surface area (Å²) in [5.41, 5.74) is 0. The minimum atomic E-state index is 0.169. The van der Waals surface area contributed by atoms with Gasteiger partial charge < -0.3 is 10.2 Å². The lowest BCUT2D eigenvalue weighted by atomic mass is 10.4. The lowest BCUT2D eigenvalue weighted by Gasteiger charge is -2.09. The minimum absolute atomic E-state index is 0.169. The van der Waals surface area contributed by atoms with Gasteiger partial charge in [-0.05, 0) is 38.7 Å². The first-order chi connectivity index (χ1) is 6.68. The van der Waals surface area contributed by atoms with Gasteiger partial charge in [0.05, 0.1) is 6.20 Å². The molecule has 1 aromatic rings. The molecule has 6 heteroatoms. The number of aromatic nitrogens is 3. The molecule has 0 aliphatic rings. The normalized spacial score (nSPS) is 10.6. The van der Waals surface area contributed by atoms with Crippen LogP contribution < -0.4 is 5.32 Å². The molecule has 0 spiro atoms. The maximum Gasteiger partial charge on any atom is 0.244 e. The van der Waals surface area contributed by atoms with Crippen molar-refractivity contribution >= 4 is 17.4 Å². The Morgan fingerprint density at radius 3 is 2.93 bits per heavy atom. The fraction of sp³-hybridized carbons (Fsp3) is 0.625. The van der Waals surface area contributed by atoms with Crippen LogP contribution in [0.4, 0.5) is 5.82 Å². The summed E-state index contributed by atoms with van der Waals surface area (Å²) < 4.78 is 0. The van der Waals surface area contributed by atoms with E-state index >= 15 is 0 Å². The summed E-state index contributed by atoms with van der Waals surface area (Å²) in [7, 11) is 4.09. The molecule has 0 amide bonds. The van der Waals surface area contributed by atoms with E-state index in [9.17, 15) is 0 Å². The Balaban J connectivity index is 2.25. The zero-order chi connectivity index (χ0) is 10.4. The maximum absolute atomic E-state index is 5.58. The third-order valence-electron chi connectivity index (χ3n) is 1.62. The Hall–Kier alpha value is -0.940. The van der Waals surface area contributed by atoms with Crippen LogP contribution in [0.15, 0.2) is 6.20 Å². The highest BCUT2D eigenvalue weighted by atomic mass is 35.5. The van der Waals surface area contributed by atoms with Crippen molar-refractivity contribution in [3.63, 3.8) is 0 Å². The van der Waals surface area contributed by atoms with Crippen LogP contribution in [0.25, 0.3) is 0 Å². The zero-order valence-electron chi connectivity index (χ0n) is 8.37. The summed E-state index contributed by atoms with van der Waals surface area (Å²) in [4.78, 5) is 6.09. The van der Waals surface area contributed by atoms with Gasteiger partial charge >= 0.3 is 0 Å². The van der Waals surface area contributed by atoms with Crippen molar-refractivity contribution < 1.29 is 0 Å². The Morgan fingerprint density at radius 1 is 1.50 bits per heavy atom. The van der Waals surface area contributed by atoms with Gasteiger partial charge in [0.15, 0.2) is 0 Å². The summed E-state index contributed by atoms with van der Waals surface area (Å²) in [6.07, 6.45) is 2.61. The first-order valence-corrected chi connectivity index (χ1v) is 4.80. The highest BCUT2D eigenvalue weighted by Gasteiger charge is 1.96. The second kappa shape index (κ2) is 5.72. The largest absolute Gasteiger partial charge is 0.369 e. The van der Waals surface area contributed by atoms with Gasteiger partial charge in [0.1, 0.15) is 5.82 Å². The molecule has 0 saturated heterocycles. The summed E-state index contributed by atoms with van der Waals surface area (Å²) in [6, 6.07) is 0. The van der Waals surface area contributed by atoms with Crippen LogP contribution in [0.1, 0.15) is 6.42 Å². The van der Waals surface area contributed by atoms with Crippen LogP contribution in [0, 0.1) is 0 Å². The van der Waals surface area contributed by atoms with Gasteiger partial charge in [-0.1, -0.05) is 0 Å². The van der Waals surface area contributed by atoms with Gasteiger partial charge in [0.2, 0.25) is 5.28 Å². The van der Waals surface area contributed by atoms with Crippen LogP contribution in [0.5, 0.6) is 0 Å². The third-order valence-corrected chi connectivity index (χ3v) is 1.78. The third kappa shape index (κ3) is 4.34. The van der Waals surface area contributed by atoms with E-state index in [1.807, 2.05) is 14.1 Å². The lowest BCUT2D eigenvalue weighted by molar-refractivity contribution is 0.405. The van der Waals surface area contributed by atoms with Gasteiger partial charge in [-0.25, -0.2) is 0 Å². The van der Waals surface area contributed by atoms with Crippen LogP contribution in [-0.2, 0) is 0 Å². The average molecular weight is 216 g/mol. The van der Waals surface area contributed by atoms with E-state index in [2.05, 4.69) is 25.4 Å². The molecule has 0 unspecified atom stereocenters. The average Bonchev–Trinajstić information content (AvgIpc) is 2.12. The van der Waals surface area contributed by atoms with E-state index in [0.717, 1.165) is 19.5 Å². The number of hydrogen-bond acceptors (Lipinski definition) is 5. The van der Waals surface area contributed by atoms with Crippen LogP contribution >= 0.6 is 11.6 Å². The van der Waals surface area contributed by atoms with Gasteiger partial charge in [-0.15, -0.1) is 5.10 Å². The molecule has 5 nitrogen and oxygen atoms in total. The van der Waals surface area contributed by atoms with Gasteiger partial charge in [0, 0.05) is 6.54 Å². The highest BCUT2D eigenvalue weighted by molar-refractivity contribution is 6.28. The first-order valence-electron chi connectivity index (χ1n) is 4.42. The van der Waals surface area contributed by atoms with E-state index < -0.39 is 0 Å². The number of nitrogens with one attached hydrogen (secondary N) is 1. The molecule has 1 rings (SSSR count). The Labute approximate surface area is 88.5 Å². The maximum atomic E-state index is 5.58. The molecule has 0 bridgehead atoms. The highest BCUT2D eigenvalue weighted by Crippen LogP contribution is 2.03. The molecule has 0 aliphatic carbocycles. The van der Waals surface area contributed by atoms with E-state index in [0.29, 0.717) is 5.82 Å². The second-order valence-corrected chi connectivity index (χ2v) is 3.53. The Morgan fingerprint density at radius 2 is 2.29 bits per heavy atom. The van der Waals surface area contributed by atoms with E-state index in [4.69, 9.17) is 11.6 Å². The SMILES string of the molecule is CN(C)CCCNc1cnnc(Cl)n1. The molecule has 14 heavy (non-hydrogen) atoms. The molecule has 0 aliphatic heterocycles. The first kappa shape index (κ1) is 11.1. The minimum Gasteiger partial charge on any atom is -0.369 e. The fourth-order valence-corrected chi connectivity index (χ4v) is 1.11. The number of rotatable bonds is 5. The summed E-state index contributed by atoms with van der Waals surface area (Å²) in [5.74, 6) is 0.670. The second-order valence-electron chi connectivity index (χ2n) is 3.19. The Kier molecular flexibility index (Phi) is 4.55. The van der Waals surface area contributed by atoms with E-state index in [1.165, 1.54) is 0 Å². The number of hydrogen-bond donors (Lipinski definition) is 1. The molecule has 1 N–H and O–H groups in total. The van der Waals surface area contributed by atoms with Crippen LogP contribution in [0.3, 0.4) is 0 Å². The molecule has 0 saturated carbocycles. The predicted molar refractivity (Wildman–Crippen MR) is 56.5 cm³/mol. The topological polar surface area (TPSA) is 53.9 Å². The van der Waals surface area contributed by atoms with E-state index in [-0.39, 0.29) is 5.28 Å². The van der Waals surface area contributed by atoms with Crippen LogP contribution in [-0.4, -0.2) is 47.3 Å². The standard InChI is InChI=1S/C8H14ClN5/c1-14(2)5-3-4-10-7-6-11-13-8(9)12-7/h6H,3-5H2,1-2H3,(H,10,12,13). The lowest BCUT2D eigenvalue weighted by Crippen LogP contribution is -2.16. The molecule has 0 fully saturated rings. The summed E-state index contributed by atoms with van der Waals surface area (Å²) in [5, 5.41) is 10.5. The zero-order valence-corrected chi connectivity index (χ0v) is 9.12. The fourth-order valence-electron chi connectivity index (χ4n) is 0.979. The van der Waals surface area contributed by atoms with E-state index in [1.54, 1.807) is 6.20 Å². The molecule has 0 aromatic carbocycles. The van der Waals surface area contributed by atoms with Crippen LogP contribution in [0.2, 0.25) is 5.28 Å². The molecule has 78 valence electrons. The molecule has 1 aromatic heterocycles. The van der Waals surface area contributed by atoms with Crippen molar-refractivity contribution in [2.75, 3.05) is 32.5 Å². The molecule has 0 atom stereocenters. The summed E-state index contributed by atoms with van der Waals surface area (Å²) in [6.45, 7) is 1.90. The van der Waals surface area contributed by atoms with Crippen molar-refractivity contribution in [3.8, 4) is 0 Å². The van der Waals surface area contributed by atoms with Crippen molar-refractivity contribution in [1.82, 2.24) is 20.1 Å². The number of anilines is 1. The predicted octanol–water partition coefficient (Wildman–Crippen LogP) is 0.889. The van der Waals surface area contributed by atoms with Gasteiger partial charge in [-0.2, -0.15) is 10.1 Å². The summed E-state index contributed by atoms with van der Waals surface area (Å²) >= 11 is 5.58. The van der Waals surface area contributed by atoms with Crippen molar-refractivity contribution in [2.24, 2.45) is 0 Å². The smallest absolute Gasteiger partial charge is 0.244 e. The van der Waals surface area contributed by atoms with Gasteiger partial charge in [-0.3, -0.25) is 0 Å². The number of nitrogens with zero attached hydrogens (tertiary/aromatic N) is 4. The molecular weight excluding hydrogens is 202 g/mol. The quantitative estimate of drug-likeness (QED) is 0.740. The Bertz CT molecular complexity index is 278. The molecule has 0 radical (unpaired) electrons. The van der Waals surface area contributed by atoms with Crippen molar-refractivity contribution in [1.29, 1.82) is 0 Å². The monoisotopic (exact) mass is 215 g/mol. The molecular formula is C8H14ClN5. The van der Waals surface area contributed by atoms with Crippen molar-refractivity contribution in [2.45, 2.75) is 6.42 Å². The van der Waals surface area contributed by atoms with Crippen molar-refractivity contribution in [3.05, 3.63) is 11.5 Å².